The predicted octanol–water partition coefficient (Wildman–Crippen LogP) is -0.405. The van der Waals surface area contributed by atoms with Crippen LogP contribution in [0.2, 0.25) is 0 Å². The average Bonchev–Trinajstić information content (AvgIpc) is 2.12. The topological polar surface area (TPSA) is 49.3 Å². The number of hydrogen-bond acceptors (Lipinski definition) is 2. The molecule has 2 rings (SSSR count). The van der Waals surface area contributed by atoms with E-state index in [2.05, 4.69) is 5.32 Å². The number of hydrogen-bond donors (Lipinski definition) is 2. The highest BCUT2D eigenvalue weighted by atomic mass is 19.1. The van der Waals surface area contributed by atoms with Gasteiger partial charge in [-0.2, -0.15) is 0 Å². The van der Waals surface area contributed by atoms with Gasteiger partial charge in [-0.1, -0.05) is 0 Å². The highest BCUT2D eigenvalue weighted by Crippen LogP contribution is 2.47. The lowest BCUT2D eigenvalue weighted by Gasteiger charge is -2.36. The van der Waals surface area contributed by atoms with E-state index in [0.717, 1.165) is 0 Å². The van der Waals surface area contributed by atoms with Crippen LogP contribution in [0.25, 0.3) is 0 Å². The van der Waals surface area contributed by atoms with Gasteiger partial charge in [0.2, 0.25) is 0 Å². The molecule has 0 spiro atoms. The molecule has 0 aromatic carbocycles. The van der Waals surface area contributed by atoms with E-state index in [1.165, 1.54) is 0 Å². The standard InChI is InChI=1S/C7H10FNO2/c8-7-2-1-4(7)5(3-10)9-6(7)11/h4-5,10H,1-3H2,(H,9,11)/t4-,5-,7+/m1/s1. The van der Waals surface area contributed by atoms with Gasteiger partial charge in [0.25, 0.3) is 5.91 Å². The Morgan fingerprint density at radius 1 is 1.82 bits per heavy atom. The van der Waals surface area contributed by atoms with Crippen molar-refractivity contribution in [3.63, 3.8) is 0 Å². The first-order valence-electron chi connectivity index (χ1n) is 3.79. The molecule has 62 valence electrons. The number of halogens is 1. The molecule has 0 bridgehead atoms. The third-order valence-corrected chi connectivity index (χ3v) is 2.78. The summed E-state index contributed by atoms with van der Waals surface area (Å²) in [6.45, 7) is -0.151. The second kappa shape index (κ2) is 1.94. The van der Waals surface area contributed by atoms with Gasteiger partial charge in [-0.25, -0.2) is 4.39 Å². The van der Waals surface area contributed by atoms with Crippen LogP contribution in [-0.4, -0.2) is 29.3 Å². The van der Waals surface area contributed by atoms with Gasteiger partial charge in [-0.3, -0.25) is 4.79 Å². The summed E-state index contributed by atoms with van der Waals surface area (Å²) < 4.78 is 13.4. The van der Waals surface area contributed by atoms with Crippen LogP contribution in [-0.2, 0) is 4.79 Å². The molecule has 0 aromatic rings. The summed E-state index contributed by atoms with van der Waals surface area (Å²) >= 11 is 0. The Morgan fingerprint density at radius 2 is 2.55 bits per heavy atom. The van der Waals surface area contributed by atoms with E-state index in [1.54, 1.807) is 0 Å². The van der Waals surface area contributed by atoms with E-state index in [9.17, 15) is 9.18 Å². The third-order valence-electron chi connectivity index (χ3n) is 2.78. The second-order valence-corrected chi connectivity index (χ2v) is 3.27. The molecule has 11 heavy (non-hydrogen) atoms. The lowest BCUT2D eigenvalue weighted by molar-refractivity contribution is -0.136. The van der Waals surface area contributed by atoms with Crippen molar-refractivity contribution in [2.24, 2.45) is 5.92 Å². The monoisotopic (exact) mass is 159 g/mol. The number of carbonyl (C=O) groups excluding carboxylic acids is 1. The van der Waals surface area contributed by atoms with Gasteiger partial charge in [-0.15, -0.1) is 0 Å². The van der Waals surface area contributed by atoms with E-state index in [1.807, 2.05) is 0 Å². The molecule has 1 saturated heterocycles. The van der Waals surface area contributed by atoms with Crippen molar-refractivity contribution in [2.75, 3.05) is 6.61 Å². The minimum absolute atomic E-state index is 0.151. The Balaban J connectivity index is 2.20. The van der Waals surface area contributed by atoms with Gasteiger partial charge in [-0.05, 0) is 12.8 Å². The Labute approximate surface area is 63.6 Å². The van der Waals surface area contributed by atoms with Crippen LogP contribution >= 0.6 is 0 Å². The van der Waals surface area contributed by atoms with Crippen molar-refractivity contribution in [1.82, 2.24) is 5.32 Å². The van der Waals surface area contributed by atoms with Crippen LogP contribution < -0.4 is 5.32 Å². The Bertz CT molecular complexity index is 209. The molecule has 1 heterocycles. The first-order valence-corrected chi connectivity index (χ1v) is 3.79. The zero-order chi connectivity index (χ0) is 8.06. The molecule has 1 aliphatic heterocycles. The van der Waals surface area contributed by atoms with Crippen LogP contribution in [0.3, 0.4) is 0 Å². The van der Waals surface area contributed by atoms with Crippen LogP contribution in [0.4, 0.5) is 4.39 Å². The van der Waals surface area contributed by atoms with Crippen LogP contribution in [0.1, 0.15) is 12.8 Å². The molecule has 0 radical (unpaired) electrons. The van der Waals surface area contributed by atoms with Gasteiger partial charge >= 0.3 is 0 Å². The number of rotatable bonds is 1. The third kappa shape index (κ3) is 0.677. The first kappa shape index (κ1) is 7.03. The summed E-state index contributed by atoms with van der Waals surface area (Å²) in [6.07, 6.45) is 1.03. The predicted molar refractivity (Wildman–Crippen MR) is 35.6 cm³/mol. The summed E-state index contributed by atoms with van der Waals surface area (Å²) in [5, 5.41) is 11.2. The molecule has 2 aliphatic rings. The van der Waals surface area contributed by atoms with Crippen LogP contribution in [0.15, 0.2) is 0 Å². The normalized spacial score (nSPS) is 48.0. The first-order chi connectivity index (χ1) is 5.18. The molecule has 2 N–H and O–H groups in total. The van der Waals surface area contributed by atoms with Crippen LogP contribution in [0, 0.1) is 5.92 Å². The number of aliphatic hydroxyl groups excluding tert-OH is 1. The van der Waals surface area contributed by atoms with Gasteiger partial charge in [0, 0.05) is 5.92 Å². The maximum absolute atomic E-state index is 13.4. The number of fused-ring (bicyclic) bond motifs is 1. The summed E-state index contributed by atoms with van der Waals surface area (Å²) in [4.78, 5) is 10.9. The summed E-state index contributed by atoms with van der Waals surface area (Å²) in [5.74, 6) is -0.812. The van der Waals surface area contributed by atoms with Crippen molar-refractivity contribution in [1.29, 1.82) is 0 Å². The average molecular weight is 159 g/mol. The molecule has 1 amide bonds. The Morgan fingerprint density at radius 3 is 2.82 bits per heavy atom. The molecule has 3 atom stereocenters. The fraction of sp³-hybridized carbons (Fsp3) is 0.857. The van der Waals surface area contributed by atoms with Crippen molar-refractivity contribution in [2.45, 2.75) is 24.6 Å². The zero-order valence-electron chi connectivity index (χ0n) is 6.01. The number of carbonyl (C=O) groups is 1. The van der Waals surface area contributed by atoms with E-state index >= 15 is 0 Å². The van der Waals surface area contributed by atoms with Crippen molar-refractivity contribution in [3.8, 4) is 0 Å². The van der Waals surface area contributed by atoms with Crippen LogP contribution in [0.5, 0.6) is 0 Å². The van der Waals surface area contributed by atoms with Crippen molar-refractivity contribution >= 4 is 5.91 Å². The molecule has 4 heteroatoms. The van der Waals surface area contributed by atoms with E-state index in [4.69, 9.17) is 5.11 Å². The summed E-state index contributed by atoms with van der Waals surface area (Å²) in [7, 11) is 0. The van der Waals surface area contributed by atoms with E-state index in [-0.39, 0.29) is 18.6 Å². The molecule has 0 aromatic heterocycles. The minimum atomic E-state index is -1.65. The van der Waals surface area contributed by atoms with Gasteiger partial charge in [0.15, 0.2) is 5.67 Å². The molecule has 3 nitrogen and oxygen atoms in total. The van der Waals surface area contributed by atoms with Gasteiger partial charge in [0.05, 0.1) is 12.6 Å². The summed E-state index contributed by atoms with van der Waals surface area (Å²) in [5.41, 5.74) is -1.65. The van der Waals surface area contributed by atoms with Gasteiger partial charge in [0.1, 0.15) is 0 Å². The van der Waals surface area contributed by atoms with Crippen molar-refractivity contribution < 1.29 is 14.3 Å². The Hall–Kier alpha value is -0.640. The molecular formula is C7H10FNO2. The largest absolute Gasteiger partial charge is 0.394 e. The molecular weight excluding hydrogens is 149 g/mol. The second-order valence-electron chi connectivity index (χ2n) is 3.27. The lowest BCUT2D eigenvalue weighted by atomic mass is 9.70. The maximum Gasteiger partial charge on any atom is 0.258 e. The quantitative estimate of drug-likeness (QED) is 0.546. The number of nitrogens with one attached hydrogen (secondary N) is 1. The smallest absolute Gasteiger partial charge is 0.258 e. The summed E-state index contributed by atoms with van der Waals surface area (Å²) in [6, 6.07) is -0.346. The highest BCUT2D eigenvalue weighted by Gasteiger charge is 2.61. The van der Waals surface area contributed by atoms with E-state index in [0.29, 0.717) is 12.8 Å². The fourth-order valence-corrected chi connectivity index (χ4v) is 1.93. The maximum atomic E-state index is 13.4. The zero-order valence-corrected chi connectivity index (χ0v) is 6.01. The minimum Gasteiger partial charge on any atom is -0.394 e. The number of alkyl halides is 1. The molecule has 1 saturated carbocycles. The lowest BCUT2D eigenvalue weighted by Crippen LogP contribution is -2.47. The van der Waals surface area contributed by atoms with Crippen molar-refractivity contribution in [3.05, 3.63) is 0 Å². The van der Waals surface area contributed by atoms with E-state index < -0.39 is 11.6 Å². The van der Waals surface area contributed by atoms with Gasteiger partial charge < -0.3 is 10.4 Å². The number of aliphatic hydroxyl groups is 1. The molecule has 1 aliphatic carbocycles. The molecule has 2 fully saturated rings. The SMILES string of the molecule is O=C1N[C@H](CO)[C@H]2CC[C@@]12F. The highest BCUT2D eigenvalue weighted by molar-refractivity contribution is 5.89. The Kier molecular flexibility index (Phi) is 1.24. The number of amides is 1. The molecule has 0 unspecified atom stereocenters. The fourth-order valence-electron chi connectivity index (χ4n) is 1.93.